The Balaban J connectivity index is 1.41. The Kier molecular flexibility index (Phi) is 7.79. The van der Waals surface area contributed by atoms with E-state index < -0.39 is 0 Å². The van der Waals surface area contributed by atoms with Crippen molar-refractivity contribution < 1.29 is 23.6 Å². The van der Waals surface area contributed by atoms with Crippen LogP contribution in [0.5, 0.6) is 5.75 Å². The second-order valence-electron chi connectivity index (χ2n) is 7.40. The van der Waals surface area contributed by atoms with Crippen molar-refractivity contribution in [1.29, 1.82) is 0 Å². The van der Waals surface area contributed by atoms with E-state index >= 15 is 0 Å². The highest BCUT2D eigenvalue weighted by molar-refractivity contribution is 5.91. The highest BCUT2D eigenvalue weighted by Crippen LogP contribution is 2.19. The summed E-state index contributed by atoms with van der Waals surface area (Å²) in [5.41, 5.74) is 1.64. The Bertz CT molecular complexity index is 849. The molecule has 160 valence electrons. The number of carbonyl (C=O) groups excluding carboxylic acids is 2. The zero-order valence-corrected chi connectivity index (χ0v) is 17.3. The van der Waals surface area contributed by atoms with Gasteiger partial charge in [0.2, 0.25) is 5.91 Å². The normalized spacial score (nSPS) is 14.4. The van der Waals surface area contributed by atoms with Crippen LogP contribution in [0.25, 0.3) is 0 Å². The lowest BCUT2D eigenvalue weighted by Crippen LogP contribution is -3.15. The molecule has 2 N–H and O–H groups in total. The summed E-state index contributed by atoms with van der Waals surface area (Å²) < 4.78 is 18.6. The van der Waals surface area contributed by atoms with E-state index in [1.54, 1.807) is 12.1 Å². The molecule has 0 saturated carbocycles. The minimum atomic E-state index is -0.333. The standard InChI is InChI=1S/C23H28FN3O3/c1-2-30-21-6-4-3-5-18(21)7-12-23(29)27-15-13-26(14-16-27)17-22(28)25-20-10-8-19(24)9-11-20/h3-6,8-11H,2,7,12-17H2,1H3,(H,25,28)/p+1. The van der Waals surface area contributed by atoms with E-state index in [0.29, 0.717) is 44.8 Å². The molecule has 0 aromatic heterocycles. The van der Waals surface area contributed by atoms with E-state index in [2.05, 4.69) is 5.32 Å². The van der Waals surface area contributed by atoms with Crippen LogP contribution in [0.1, 0.15) is 18.9 Å². The molecular weight excluding hydrogens is 385 g/mol. The molecular formula is C23H29FN3O3+. The van der Waals surface area contributed by atoms with Crippen molar-refractivity contribution in [2.24, 2.45) is 0 Å². The van der Waals surface area contributed by atoms with E-state index in [4.69, 9.17) is 4.74 Å². The van der Waals surface area contributed by atoms with Crippen molar-refractivity contribution in [1.82, 2.24) is 4.90 Å². The summed E-state index contributed by atoms with van der Waals surface area (Å²) in [7, 11) is 0. The second-order valence-corrected chi connectivity index (χ2v) is 7.40. The number of quaternary nitrogens is 1. The summed E-state index contributed by atoms with van der Waals surface area (Å²) >= 11 is 0. The highest BCUT2D eigenvalue weighted by Gasteiger charge is 2.25. The largest absolute Gasteiger partial charge is 0.494 e. The number of hydrogen-bond acceptors (Lipinski definition) is 3. The molecule has 2 amide bonds. The first kappa shape index (κ1) is 21.8. The number of anilines is 1. The molecule has 1 heterocycles. The van der Waals surface area contributed by atoms with Gasteiger partial charge >= 0.3 is 0 Å². The third-order valence-electron chi connectivity index (χ3n) is 5.24. The lowest BCUT2D eigenvalue weighted by atomic mass is 10.1. The molecule has 6 nitrogen and oxygen atoms in total. The summed E-state index contributed by atoms with van der Waals surface area (Å²) in [6.45, 7) is 5.64. The van der Waals surface area contributed by atoms with Gasteiger partial charge in [-0.05, 0) is 49.2 Å². The van der Waals surface area contributed by atoms with Crippen molar-refractivity contribution in [3.05, 3.63) is 59.9 Å². The quantitative estimate of drug-likeness (QED) is 0.689. The topological polar surface area (TPSA) is 63.1 Å². The molecule has 2 aromatic rings. The van der Waals surface area contributed by atoms with Gasteiger partial charge in [-0.3, -0.25) is 9.59 Å². The molecule has 3 rings (SSSR count). The summed E-state index contributed by atoms with van der Waals surface area (Å²) in [5.74, 6) is 0.537. The number of hydrogen-bond donors (Lipinski definition) is 2. The lowest BCUT2D eigenvalue weighted by Gasteiger charge is -2.32. The second kappa shape index (κ2) is 10.7. The van der Waals surface area contributed by atoms with E-state index in [9.17, 15) is 14.0 Å². The predicted molar refractivity (Wildman–Crippen MR) is 113 cm³/mol. The molecule has 0 unspecified atom stereocenters. The minimum absolute atomic E-state index is 0.107. The number of carbonyl (C=O) groups is 2. The van der Waals surface area contributed by atoms with Crippen molar-refractivity contribution in [2.75, 3.05) is 44.6 Å². The van der Waals surface area contributed by atoms with Crippen molar-refractivity contribution in [3.63, 3.8) is 0 Å². The van der Waals surface area contributed by atoms with E-state index in [1.807, 2.05) is 36.1 Å². The van der Waals surface area contributed by atoms with Gasteiger partial charge in [0.25, 0.3) is 5.91 Å². The van der Waals surface area contributed by atoms with Crippen LogP contribution < -0.4 is 15.0 Å². The molecule has 0 aliphatic carbocycles. The molecule has 1 fully saturated rings. The van der Waals surface area contributed by atoms with Crippen LogP contribution in [0.2, 0.25) is 0 Å². The number of benzene rings is 2. The van der Waals surface area contributed by atoms with Crippen LogP contribution in [-0.2, 0) is 16.0 Å². The average molecular weight is 415 g/mol. The van der Waals surface area contributed by atoms with Gasteiger partial charge in [-0.25, -0.2) is 4.39 Å². The molecule has 1 aliphatic rings. The predicted octanol–water partition coefficient (Wildman–Crippen LogP) is 1.52. The number of nitrogens with one attached hydrogen (secondary N) is 2. The molecule has 2 aromatic carbocycles. The minimum Gasteiger partial charge on any atom is -0.494 e. The zero-order chi connectivity index (χ0) is 21.3. The summed E-state index contributed by atoms with van der Waals surface area (Å²) in [6, 6.07) is 13.6. The number of aryl methyl sites for hydroxylation is 1. The molecule has 0 spiro atoms. The van der Waals surface area contributed by atoms with Gasteiger partial charge in [-0.15, -0.1) is 0 Å². The number of ether oxygens (including phenoxy) is 1. The van der Waals surface area contributed by atoms with Gasteiger partial charge in [0.15, 0.2) is 6.54 Å². The van der Waals surface area contributed by atoms with Crippen LogP contribution in [0.4, 0.5) is 10.1 Å². The Labute approximate surface area is 176 Å². The van der Waals surface area contributed by atoms with Gasteiger partial charge in [-0.2, -0.15) is 0 Å². The smallest absolute Gasteiger partial charge is 0.279 e. The van der Waals surface area contributed by atoms with Gasteiger partial charge in [0.1, 0.15) is 11.6 Å². The van der Waals surface area contributed by atoms with Crippen molar-refractivity contribution in [3.8, 4) is 5.75 Å². The number of amides is 2. The fourth-order valence-electron chi connectivity index (χ4n) is 3.62. The fourth-order valence-corrected chi connectivity index (χ4v) is 3.62. The van der Waals surface area contributed by atoms with Crippen LogP contribution in [0.15, 0.2) is 48.5 Å². The highest BCUT2D eigenvalue weighted by atomic mass is 19.1. The molecule has 7 heteroatoms. The van der Waals surface area contributed by atoms with Crippen LogP contribution >= 0.6 is 0 Å². The third kappa shape index (κ3) is 6.29. The summed E-state index contributed by atoms with van der Waals surface area (Å²) in [6.07, 6.45) is 1.10. The maximum Gasteiger partial charge on any atom is 0.279 e. The van der Waals surface area contributed by atoms with E-state index in [-0.39, 0.29) is 17.6 Å². The van der Waals surface area contributed by atoms with Gasteiger partial charge < -0.3 is 19.9 Å². The maximum absolute atomic E-state index is 12.9. The van der Waals surface area contributed by atoms with Gasteiger partial charge in [-0.1, -0.05) is 18.2 Å². The average Bonchev–Trinajstić information content (AvgIpc) is 2.75. The zero-order valence-electron chi connectivity index (χ0n) is 17.3. The monoisotopic (exact) mass is 414 g/mol. The SMILES string of the molecule is CCOc1ccccc1CCC(=O)N1CC[NH+](CC(=O)Nc2ccc(F)cc2)CC1. The fraction of sp³-hybridized carbons (Fsp3) is 0.391. The molecule has 0 atom stereocenters. The lowest BCUT2D eigenvalue weighted by molar-refractivity contribution is -0.895. The third-order valence-corrected chi connectivity index (χ3v) is 5.24. The summed E-state index contributed by atoms with van der Waals surface area (Å²) in [4.78, 5) is 27.8. The Hall–Kier alpha value is -2.93. The van der Waals surface area contributed by atoms with E-state index in [1.165, 1.54) is 12.1 Å². The van der Waals surface area contributed by atoms with Crippen LogP contribution in [0.3, 0.4) is 0 Å². The number of rotatable bonds is 8. The van der Waals surface area contributed by atoms with Gasteiger partial charge in [0, 0.05) is 12.1 Å². The molecule has 0 radical (unpaired) electrons. The number of para-hydroxylation sites is 1. The van der Waals surface area contributed by atoms with E-state index in [0.717, 1.165) is 29.3 Å². The molecule has 1 saturated heterocycles. The van der Waals surface area contributed by atoms with Crippen molar-refractivity contribution in [2.45, 2.75) is 19.8 Å². The van der Waals surface area contributed by atoms with Crippen molar-refractivity contribution >= 4 is 17.5 Å². The Morgan fingerprint density at radius 1 is 1.10 bits per heavy atom. The first-order valence-corrected chi connectivity index (χ1v) is 10.4. The molecule has 1 aliphatic heterocycles. The number of nitrogens with zero attached hydrogens (tertiary/aromatic N) is 1. The molecule has 0 bridgehead atoms. The van der Waals surface area contributed by atoms with Gasteiger partial charge in [0.05, 0.1) is 32.8 Å². The van der Waals surface area contributed by atoms with Crippen LogP contribution in [-0.4, -0.2) is 56.0 Å². The van der Waals surface area contributed by atoms with Crippen LogP contribution in [0, 0.1) is 5.82 Å². The first-order chi connectivity index (χ1) is 14.5. The first-order valence-electron chi connectivity index (χ1n) is 10.4. The number of halogens is 1. The maximum atomic E-state index is 12.9. The Morgan fingerprint density at radius 3 is 2.50 bits per heavy atom. The molecule has 30 heavy (non-hydrogen) atoms. The number of piperazine rings is 1. The Morgan fingerprint density at radius 2 is 1.80 bits per heavy atom. The summed E-state index contributed by atoms with van der Waals surface area (Å²) in [5, 5.41) is 2.79.